The van der Waals surface area contributed by atoms with Crippen LogP contribution in [-0.4, -0.2) is 60.7 Å². The van der Waals surface area contributed by atoms with Gasteiger partial charge in [-0.2, -0.15) is 4.31 Å². The fourth-order valence-corrected chi connectivity index (χ4v) is 4.74. The molecule has 1 aliphatic carbocycles. The molecule has 3 rings (SSSR count). The average molecular weight is 350 g/mol. The first-order valence-electron chi connectivity index (χ1n) is 8.33. The second-order valence-corrected chi connectivity index (χ2v) is 8.53. The highest BCUT2D eigenvalue weighted by molar-refractivity contribution is 7.90. The van der Waals surface area contributed by atoms with Crippen molar-refractivity contribution in [3.8, 4) is 0 Å². The van der Waals surface area contributed by atoms with E-state index in [0.29, 0.717) is 31.7 Å². The molecule has 0 spiro atoms. The van der Waals surface area contributed by atoms with Crippen LogP contribution in [0.25, 0.3) is 0 Å². The number of piperazine rings is 1. The van der Waals surface area contributed by atoms with E-state index in [-0.39, 0.29) is 29.8 Å². The van der Waals surface area contributed by atoms with Gasteiger partial charge in [0.2, 0.25) is 15.9 Å². The van der Waals surface area contributed by atoms with Crippen molar-refractivity contribution in [3.63, 3.8) is 0 Å². The second-order valence-electron chi connectivity index (χ2n) is 6.31. The maximum Gasteiger partial charge on any atom is 0.223 e. The predicted molar refractivity (Wildman–Crippen MR) is 90.1 cm³/mol. The van der Waals surface area contributed by atoms with E-state index < -0.39 is 10.0 Å². The van der Waals surface area contributed by atoms with E-state index in [1.54, 1.807) is 29.2 Å². The van der Waals surface area contributed by atoms with Crippen LogP contribution in [0, 0.1) is 0 Å². The van der Waals surface area contributed by atoms with Gasteiger partial charge >= 0.3 is 0 Å². The molecule has 0 atom stereocenters. The molecule has 2 aliphatic rings. The molecular weight excluding hydrogens is 328 g/mol. The number of carbonyl (C=O) groups is 2. The first kappa shape index (κ1) is 17.1. The molecule has 7 heteroatoms. The molecular formula is C17H22N2O4S. The molecule has 0 unspecified atom stereocenters. The SMILES string of the molecule is O=C(CCC(=O)N1CCN(S(=O)(=O)C2CC2)CC1)c1ccccc1. The van der Waals surface area contributed by atoms with Gasteiger partial charge in [-0.3, -0.25) is 9.59 Å². The number of amides is 1. The minimum Gasteiger partial charge on any atom is -0.340 e. The molecule has 0 radical (unpaired) electrons. The Morgan fingerprint density at radius 2 is 1.58 bits per heavy atom. The molecule has 1 saturated carbocycles. The number of sulfonamides is 1. The lowest BCUT2D eigenvalue weighted by molar-refractivity contribution is -0.132. The lowest BCUT2D eigenvalue weighted by Crippen LogP contribution is -2.51. The Bertz CT molecular complexity index is 705. The van der Waals surface area contributed by atoms with E-state index in [9.17, 15) is 18.0 Å². The van der Waals surface area contributed by atoms with Crippen molar-refractivity contribution >= 4 is 21.7 Å². The number of ketones is 1. The number of hydrogen-bond acceptors (Lipinski definition) is 4. The van der Waals surface area contributed by atoms with E-state index in [0.717, 1.165) is 12.8 Å². The number of carbonyl (C=O) groups excluding carboxylic acids is 2. The Morgan fingerprint density at radius 1 is 0.958 bits per heavy atom. The zero-order chi connectivity index (χ0) is 17.2. The van der Waals surface area contributed by atoms with Crippen molar-refractivity contribution in [1.29, 1.82) is 0 Å². The van der Waals surface area contributed by atoms with Gasteiger partial charge in [0.05, 0.1) is 5.25 Å². The Balaban J connectivity index is 1.46. The normalized spacial score (nSPS) is 19.2. The van der Waals surface area contributed by atoms with E-state index >= 15 is 0 Å². The van der Waals surface area contributed by atoms with Crippen LogP contribution in [0.2, 0.25) is 0 Å². The standard InChI is InChI=1S/C17H22N2O4S/c20-16(14-4-2-1-3-5-14)8-9-17(21)18-10-12-19(13-11-18)24(22,23)15-6-7-15/h1-5,15H,6-13H2. The third-order valence-corrected chi connectivity index (χ3v) is 6.96. The van der Waals surface area contributed by atoms with Gasteiger partial charge in [-0.25, -0.2) is 8.42 Å². The van der Waals surface area contributed by atoms with Crippen molar-refractivity contribution in [2.45, 2.75) is 30.9 Å². The highest BCUT2D eigenvalue weighted by Crippen LogP contribution is 2.31. The third kappa shape index (κ3) is 3.84. The fourth-order valence-electron chi connectivity index (χ4n) is 2.92. The summed E-state index contributed by atoms with van der Waals surface area (Å²) in [6.45, 7) is 1.53. The first-order chi connectivity index (χ1) is 11.5. The van der Waals surface area contributed by atoms with E-state index in [4.69, 9.17) is 0 Å². The summed E-state index contributed by atoms with van der Waals surface area (Å²) in [5.74, 6) is -0.123. The van der Waals surface area contributed by atoms with Crippen LogP contribution in [0.3, 0.4) is 0 Å². The lowest BCUT2D eigenvalue weighted by atomic mass is 10.1. The molecule has 1 aromatic carbocycles. The largest absolute Gasteiger partial charge is 0.340 e. The van der Waals surface area contributed by atoms with Gasteiger partial charge in [0, 0.05) is 44.6 Å². The van der Waals surface area contributed by atoms with Crippen molar-refractivity contribution in [1.82, 2.24) is 9.21 Å². The Morgan fingerprint density at radius 3 is 2.17 bits per heavy atom. The maximum absolute atomic E-state index is 12.2. The number of Topliss-reactive ketones (excluding diaryl/α,β-unsaturated/α-hetero) is 1. The quantitative estimate of drug-likeness (QED) is 0.725. The zero-order valence-corrected chi connectivity index (χ0v) is 14.4. The van der Waals surface area contributed by atoms with Crippen LogP contribution in [0.4, 0.5) is 0 Å². The Kier molecular flexibility index (Phi) is 5.01. The summed E-state index contributed by atoms with van der Waals surface area (Å²) in [5, 5.41) is -0.205. The molecule has 2 fully saturated rings. The zero-order valence-electron chi connectivity index (χ0n) is 13.6. The summed E-state index contributed by atoms with van der Waals surface area (Å²) in [6, 6.07) is 8.93. The van der Waals surface area contributed by atoms with Gasteiger partial charge in [-0.1, -0.05) is 30.3 Å². The minimum absolute atomic E-state index is 0.0427. The fraction of sp³-hybridized carbons (Fsp3) is 0.529. The van der Waals surface area contributed by atoms with Gasteiger partial charge in [-0.05, 0) is 12.8 Å². The van der Waals surface area contributed by atoms with Crippen molar-refractivity contribution < 1.29 is 18.0 Å². The van der Waals surface area contributed by atoms with Gasteiger partial charge in [0.15, 0.2) is 5.78 Å². The summed E-state index contributed by atoms with van der Waals surface area (Å²) in [7, 11) is -3.16. The first-order valence-corrected chi connectivity index (χ1v) is 9.84. The molecule has 1 aliphatic heterocycles. The number of hydrogen-bond donors (Lipinski definition) is 0. The summed E-state index contributed by atoms with van der Waals surface area (Å²) < 4.78 is 25.9. The highest BCUT2D eigenvalue weighted by Gasteiger charge is 2.41. The summed E-state index contributed by atoms with van der Waals surface area (Å²) in [4.78, 5) is 25.9. The van der Waals surface area contributed by atoms with Crippen molar-refractivity contribution in [2.75, 3.05) is 26.2 Å². The van der Waals surface area contributed by atoms with Crippen molar-refractivity contribution in [2.24, 2.45) is 0 Å². The van der Waals surface area contributed by atoms with Gasteiger partial charge in [0.25, 0.3) is 0 Å². The smallest absolute Gasteiger partial charge is 0.223 e. The molecule has 0 N–H and O–H groups in total. The topological polar surface area (TPSA) is 74.8 Å². The molecule has 1 aromatic rings. The highest BCUT2D eigenvalue weighted by atomic mass is 32.2. The van der Waals surface area contributed by atoms with E-state index in [2.05, 4.69) is 0 Å². The van der Waals surface area contributed by atoms with Crippen LogP contribution in [0.15, 0.2) is 30.3 Å². The molecule has 1 heterocycles. The van der Waals surface area contributed by atoms with E-state index in [1.807, 2.05) is 6.07 Å². The van der Waals surface area contributed by atoms with Crippen LogP contribution in [0.5, 0.6) is 0 Å². The van der Waals surface area contributed by atoms with Crippen LogP contribution >= 0.6 is 0 Å². The molecule has 6 nitrogen and oxygen atoms in total. The molecule has 1 amide bonds. The van der Waals surface area contributed by atoms with Gasteiger partial charge in [0.1, 0.15) is 0 Å². The average Bonchev–Trinajstić information content (AvgIpc) is 3.46. The summed E-state index contributed by atoms with van der Waals surface area (Å²) in [5.41, 5.74) is 0.616. The van der Waals surface area contributed by atoms with Gasteiger partial charge < -0.3 is 4.90 Å². The van der Waals surface area contributed by atoms with Crippen LogP contribution in [0.1, 0.15) is 36.0 Å². The van der Waals surface area contributed by atoms with Gasteiger partial charge in [-0.15, -0.1) is 0 Å². The van der Waals surface area contributed by atoms with Crippen molar-refractivity contribution in [3.05, 3.63) is 35.9 Å². The number of benzene rings is 1. The van der Waals surface area contributed by atoms with E-state index in [1.165, 1.54) is 4.31 Å². The summed E-state index contributed by atoms with van der Waals surface area (Å²) in [6.07, 6.45) is 1.86. The van der Waals surface area contributed by atoms with Crippen LogP contribution < -0.4 is 0 Å². The Labute approximate surface area is 142 Å². The molecule has 1 saturated heterocycles. The third-order valence-electron chi connectivity index (χ3n) is 4.56. The predicted octanol–water partition coefficient (Wildman–Crippen LogP) is 1.29. The maximum atomic E-state index is 12.2. The molecule has 24 heavy (non-hydrogen) atoms. The number of nitrogens with zero attached hydrogens (tertiary/aromatic N) is 2. The van der Waals surface area contributed by atoms with Crippen LogP contribution in [-0.2, 0) is 14.8 Å². The Hall–Kier alpha value is -1.73. The monoisotopic (exact) mass is 350 g/mol. The minimum atomic E-state index is -3.16. The summed E-state index contributed by atoms with van der Waals surface area (Å²) >= 11 is 0. The second kappa shape index (κ2) is 7.03. The lowest BCUT2D eigenvalue weighted by Gasteiger charge is -2.34. The number of rotatable bonds is 6. The molecule has 130 valence electrons. The molecule has 0 bridgehead atoms. The molecule has 0 aromatic heterocycles.